The normalized spacial score (nSPS) is 17.7. The zero-order valence-corrected chi connectivity index (χ0v) is 21.5. The Morgan fingerprint density at radius 2 is 1.57 bits per heavy atom. The molecular weight excluding hydrogens is 438 g/mol. The Hall–Kier alpha value is -2.90. The van der Waals surface area contributed by atoms with Crippen LogP contribution in [0.15, 0.2) is 42.5 Å². The van der Waals surface area contributed by atoms with Crippen molar-refractivity contribution in [3.63, 3.8) is 0 Å². The van der Waals surface area contributed by atoms with Gasteiger partial charge in [-0.3, -0.25) is 14.5 Å². The molecule has 0 bridgehead atoms. The first-order valence-electron chi connectivity index (χ1n) is 12.8. The van der Waals surface area contributed by atoms with Crippen molar-refractivity contribution in [2.75, 3.05) is 63.6 Å². The maximum Gasteiger partial charge on any atom is 0.313 e. The van der Waals surface area contributed by atoms with E-state index in [1.165, 1.54) is 22.4 Å². The monoisotopic (exact) mass is 477 g/mol. The van der Waals surface area contributed by atoms with Gasteiger partial charge in [-0.15, -0.1) is 0 Å². The minimum absolute atomic E-state index is 0.0308. The van der Waals surface area contributed by atoms with E-state index in [1.54, 1.807) is 0 Å². The van der Waals surface area contributed by atoms with E-state index in [2.05, 4.69) is 71.5 Å². The number of nitrogens with one attached hydrogen (secondary N) is 2. The topological polar surface area (TPSA) is 67.9 Å². The van der Waals surface area contributed by atoms with Crippen molar-refractivity contribution in [3.8, 4) is 0 Å². The second kappa shape index (κ2) is 11.2. The van der Waals surface area contributed by atoms with Crippen LogP contribution in [0, 0.1) is 0 Å². The molecule has 0 aromatic heterocycles. The molecule has 2 N–H and O–H groups in total. The summed E-state index contributed by atoms with van der Waals surface area (Å²) in [5, 5.41) is 5.64. The number of carbonyl (C=O) groups is 2. The SMILES string of the molecule is CC(C)c1ccc(NC(=O)C(=O)NCC(c2ccc3c(c2)CCCN3C)N2CCN(C)CC2)cc1. The van der Waals surface area contributed by atoms with Crippen LogP contribution in [0.25, 0.3) is 0 Å². The van der Waals surface area contributed by atoms with Gasteiger partial charge in [-0.1, -0.05) is 38.1 Å². The largest absolute Gasteiger partial charge is 0.374 e. The van der Waals surface area contributed by atoms with Crippen LogP contribution in [0.1, 0.15) is 48.9 Å². The zero-order chi connectivity index (χ0) is 24.9. The van der Waals surface area contributed by atoms with Gasteiger partial charge in [-0.2, -0.15) is 0 Å². The first kappa shape index (κ1) is 25.2. The second-order valence-electron chi connectivity index (χ2n) is 10.2. The highest BCUT2D eigenvalue weighted by Crippen LogP contribution is 2.31. The number of aryl methyl sites for hydroxylation is 1. The summed E-state index contributed by atoms with van der Waals surface area (Å²) in [6, 6.07) is 14.4. The molecule has 1 unspecified atom stereocenters. The lowest BCUT2D eigenvalue weighted by atomic mass is 9.95. The molecule has 0 radical (unpaired) electrons. The van der Waals surface area contributed by atoms with E-state index in [-0.39, 0.29) is 6.04 Å². The standard InChI is InChI=1S/C28H39N5O2/c1-20(2)21-7-10-24(11-8-21)30-28(35)27(34)29-19-26(33-16-14-31(3)15-17-33)23-9-12-25-22(18-23)6-5-13-32(25)4/h7-12,18,20,26H,5-6,13-17,19H2,1-4H3,(H,29,34)(H,30,35). The molecule has 1 atom stereocenters. The van der Waals surface area contributed by atoms with Crippen LogP contribution < -0.4 is 15.5 Å². The predicted octanol–water partition coefficient (Wildman–Crippen LogP) is 3.24. The van der Waals surface area contributed by atoms with Crippen LogP contribution in [0.2, 0.25) is 0 Å². The molecule has 7 heteroatoms. The summed E-state index contributed by atoms with van der Waals surface area (Å²) in [7, 11) is 4.28. The number of fused-ring (bicyclic) bond motifs is 1. The Balaban J connectivity index is 1.44. The number of hydrogen-bond donors (Lipinski definition) is 2. The number of likely N-dealkylation sites (N-methyl/N-ethyl adjacent to an activating group) is 1. The predicted molar refractivity (Wildman–Crippen MR) is 142 cm³/mol. The molecule has 4 rings (SSSR count). The number of anilines is 2. The Morgan fingerprint density at radius 1 is 0.886 bits per heavy atom. The Labute approximate surface area is 209 Å². The molecule has 2 heterocycles. The maximum atomic E-state index is 12.7. The maximum absolute atomic E-state index is 12.7. The lowest BCUT2D eigenvalue weighted by Crippen LogP contribution is -2.49. The number of benzene rings is 2. The van der Waals surface area contributed by atoms with Crippen molar-refractivity contribution >= 4 is 23.2 Å². The molecule has 188 valence electrons. The molecule has 1 saturated heterocycles. The summed E-state index contributed by atoms with van der Waals surface area (Å²) >= 11 is 0. The molecular formula is C28H39N5O2. The fourth-order valence-corrected chi connectivity index (χ4v) is 5.01. The Bertz CT molecular complexity index is 1030. The van der Waals surface area contributed by atoms with Gasteiger partial charge >= 0.3 is 11.8 Å². The highest BCUT2D eigenvalue weighted by molar-refractivity contribution is 6.39. The van der Waals surface area contributed by atoms with Crippen LogP contribution >= 0.6 is 0 Å². The molecule has 2 amide bonds. The van der Waals surface area contributed by atoms with Gasteiger partial charge in [0.05, 0.1) is 6.04 Å². The summed E-state index contributed by atoms with van der Waals surface area (Å²) in [6.07, 6.45) is 2.23. The third-order valence-corrected chi connectivity index (χ3v) is 7.32. The summed E-state index contributed by atoms with van der Waals surface area (Å²) in [5.74, 6) is -0.820. The minimum Gasteiger partial charge on any atom is -0.374 e. The van der Waals surface area contributed by atoms with Crippen molar-refractivity contribution in [2.24, 2.45) is 0 Å². The number of hydrogen-bond acceptors (Lipinski definition) is 5. The van der Waals surface area contributed by atoms with E-state index in [9.17, 15) is 9.59 Å². The first-order valence-corrected chi connectivity index (χ1v) is 12.8. The molecule has 0 aliphatic carbocycles. The van der Waals surface area contributed by atoms with E-state index < -0.39 is 11.8 Å². The second-order valence-corrected chi connectivity index (χ2v) is 10.2. The molecule has 2 aliphatic heterocycles. The fraction of sp³-hybridized carbons (Fsp3) is 0.500. The molecule has 0 spiro atoms. The van der Waals surface area contributed by atoms with E-state index >= 15 is 0 Å². The van der Waals surface area contributed by atoms with Gasteiger partial charge in [-0.05, 0) is 60.7 Å². The van der Waals surface area contributed by atoms with Crippen molar-refractivity contribution in [1.82, 2.24) is 15.1 Å². The number of carbonyl (C=O) groups excluding carboxylic acids is 2. The van der Waals surface area contributed by atoms with Crippen LogP contribution in [0.5, 0.6) is 0 Å². The molecule has 2 aromatic carbocycles. The van der Waals surface area contributed by atoms with Gasteiger partial charge in [0.2, 0.25) is 0 Å². The van der Waals surface area contributed by atoms with Gasteiger partial charge < -0.3 is 20.4 Å². The van der Waals surface area contributed by atoms with Gasteiger partial charge in [0.25, 0.3) is 0 Å². The lowest BCUT2D eigenvalue weighted by Gasteiger charge is -2.39. The highest BCUT2D eigenvalue weighted by atomic mass is 16.2. The molecule has 0 saturated carbocycles. The average molecular weight is 478 g/mol. The van der Waals surface area contributed by atoms with Gasteiger partial charge in [0.1, 0.15) is 0 Å². The van der Waals surface area contributed by atoms with E-state index in [0.717, 1.165) is 45.6 Å². The number of rotatable bonds is 6. The zero-order valence-electron chi connectivity index (χ0n) is 21.5. The number of nitrogens with zero attached hydrogens (tertiary/aromatic N) is 3. The summed E-state index contributed by atoms with van der Waals surface area (Å²) in [5.41, 5.74) is 5.68. The third kappa shape index (κ3) is 6.21. The van der Waals surface area contributed by atoms with Crippen LogP contribution in [-0.2, 0) is 16.0 Å². The Morgan fingerprint density at radius 3 is 2.26 bits per heavy atom. The molecule has 7 nitrogen and oxygen atoms in total. The molecule has 2 aromatic rings. The van der Waals surface area contributed by atoms with Crippen molar-refractivity contribution in [1.29, 1.82) is 0 Å². The van der Waals surface area contributed by atoms with Crippen LogP contribution in [-0.4, -0.2) is 75.0 Å². The average Bonchev–Trinajstić information content (AvgIpc) is 2.85. The van der Waals surface area contributed by atoms with Crippen LogP contribution in [0.4, 0.5) is 11.4 Å². The van der Waals surface area contributed by atoms with E-state index in [0.29, 0.717) is 18.2 Å². The smallest absolute Gasteiger partial charge is 0.313 e. The van der Waals surface area contributed by atoms with Crippen molar-refractivity contribution in [3.05, 3.63) is 59.2 Å². The quantitative estimate of drug-likeness (QED) is 0.626. The Kier molecular flexibility index (Phi) is 8.08. The minimum atomic E-state index is -0.633. The summed E-state index contributed by atoms with van der Waals surface area (Å²) in [4.78, 5) is 32.4. The molecule has 2 aliphatic rings. The van der Waals surface area contributed by atoms with E-state index in [4.69, 9.17) is 0 Å². The van der Waals surface area contributed by atoms with Gasteiger partial charge in [-0.25, -0.2) is 0 Å². The lowest BCUT2D eigenvalue weighted by molar-refractivity contribution is -0.136. The van der Waals surface area contributed by atoms with Crippen molar-refractivity contribution < 1.29 is 9.59 Å². The van der Waals surface area contributed by atoms with E-state index in [1.807, 2.05) is 24.3 Å². The van der Waals surface area contributed by atoms with Gasteiger partial charge in [0.15, 0.2) is 0 Å². The number of amides is 2. The highest BCUT2D eigenvalue weighted by Gasteiger charge is 2.27. The third-order valence-electron chi connectivity index (χ3n) is 7.32. The first-order chi connectivity index (χ1) is 16.8. The summed E-state index contributed by atoms with van der Waals surface area (Å²) < 4.78 is 0. The number of piperazine rings is 1. The molecule has 35 heavy (non-hydrogen) atoms. The van der Waals surface area contributed by atoms with Crippen molar-refractivity contribution in [2.45, 2.75) is 38.6 Å². The van der Waals surface area contributed by atoms with Gasteiger partial charge in [0, 0.05) is 57.7 Å². The fourth-order valence-electron chi connectivity index (χ4n) is 5.01. The summed E-state index contributed by atoms with van der Waals surface area (Å²) in [6.45, 7) is 9.58. The van der Waals surface area contributed by atoms with Crippen LogP contribution in [0.3, 0.4) is 0 Å². The molecule has 1 fully saturated rings.